The second kappa shape index (κ2) is 4.94. The van der Waals surface area contributed by atoms with E-state index < -0.39 is 0 Å². The van der Waals surface area contributed by atoms with E-state index in [1.54, 1.807) is 0 Å². The molecule has 1 N–H and O–H groups in total. The summed E-state index contributed by atoms with van der Waals surface area (Å²) in [4.78, 5) is 0. The lowest BCUT2D eigenvalue weighted by molar-refractivity contribution is 0.274. The van der Waals surface area contributed by atoms with Gasteiger partial charge in [-0.15, -0.1) is 0 Å². The fourth-order valence-corrected chi connectivity index (χ4v) is 2.77. The number of hydrogen-bond donors (Lipinski definition) is 1. The molecule has 1 heterocycles. The van der Waals surface area contributed by atoms with Crippen LogP contribution in [0.15, 0.2) is 30.3 Å². The largest absolute Gasteiger partial charge is 0.390 e. The molecular formula is C15H18N2O. The van der Waals surface area contributed by atoms with Crippen molar-refractivity contribution in [3.63, 3.8) is 0 Å². The van der Waals surface area contributed by atoms with E-state index in [4.69, 9.17) is 0 Å². The lowest BCUT2D eigenvalue weighted by atomic mass is 9.96. The monoisotopic (exact) mass is 242 g/mol. The SMILES string of the molecule is OCc1nn(Cc2ccccc2)c2c1CCCC2. The highest BCUT2D eigenvalue weighted by Crippen LogP contribution is 2.25. The van der Waals surface area contributed by atoms with Crippen LogP contribution in [0.1, 0.15) is 35.4 Å². The number of aliphatic hydroxyl groups excluding tert-OH is 1. The zero-order valence-electron chi connectivity index (χ0n) is 10.5. The van der Waals surface area contributed by atoms with E-state index in [-0.39, 0.29) is 6.61 Å². The number of nitrogens with zero attached hydrogens (tertiary/aromatic N) is 2. The van der Waals surface area contributed by atoms with E-state index >= 15 is 0 Å². The first-order valence-corrected chi connectivity index (χ1v) is 6.60. The molecule has 0 unspecified atom stereocenters. The van der Waals surface area contributed by atoms with Crippen molar-refractivity contribution in [2.24, 2.45) is 0 Å². The highest BCUT2D eigenvalue weighted by molar-refractivity contribution is 5.29. The third-order valence-corrected chi connectivity index (χ3v) is 3.66. The van der Waals surface area contributed by atoms with Crippen molar-refractivity contribution in [3.05, 3.63) is 52.8 Å². The van der Waals surface area contributed by atoms with E-state index in [0.717, 1.165) is 25.1 Å². The van der Waals surface area contributed by atoms with E-state index in [9.17, 15) is 5.11 Å². The summed E-state index contributed by atoms with van der Waals surface area (Å²) in [7, 11) is 0. The minimum absolute atomic E-state index is 0.0596. The Balaban J connectivity index is 1.94. The Morgan fingerprint density at radius 3 is 2.67 bits per heavy atom. The van der Waals surface area contributed by atoms with E-state index in [1.165, 1.54) is 29.7 Å². The summed E-state index contributed by atoms with van der Waals surface area (Å²) < 4.78 is 2.08. The minimum Gasteiger partial charge on any atom is -0.390 e. The summed E-state index contributed by atoms with van der Waals surface area (Å²) in [6, 6.07) is 10.4. The maximum absolute atomic E-state index is 9.40. The van der Waals surface area contributed by atoms with Crippen LogP contribution in [0.2, 0.25) is 0 Å². The van der Waals surface area contributed by atoms with Crippen LogP contribution in [0.4, 0.5) is 0 Å². The molecule has 0 radical (unpaired) electrons. The van der Waals surface area contributed by atoms with E-state index in [2.05, 4.69) is 34.0 Å². The Hall–Kier alpha value is -1.61. The van der Waals surface area contributed by atoms with E-state index in [0.29, 0.717) is 0 Å². The predicted molar refractivity (Wildman–Crippen MR) is 70.3 cm³/mol. The topological polar surface area (TPSA) is 38.1 Å². The van der Waals surface area contributed by atoms with Crippen molar-refractivity contribution in [1.82, 2.24) is 9.78 Å². The molecule has 0 saturated heterocycles. The van der Waals surface area contributed by atoms with Gasteiger partial charge < -0.3 is 5.11 Å². The Labute approximate surface area is 107 Å². The molecule has 2 aromatic rings. The maximum Gasteiger partial charge on any atom is 0.0913 e. The molecule has 18 heavy (non-hydrogen) atoms. The number of benzene rings is 1. The Kier molecular flexibility index (Phi) is 3.15. The molecule has 0 bridgehead atoms. The number of rotatable bonds is 3. The van der Waals surface area contributed by atoms with Gasteiger partial charge in [0.1, 0.15) is 0 Å². The summed E-state index contributed by atoms with van der Waals surface area (Å²) in [6.45, 7) is 0.868. The molecule has 0 fully saturated rings. The molecule has 3 nitrogen and oxygen atoms in total. The number of hydrogen-bond acceptors (Lipinski definition) is 2. The quantitative estimate of drug-likeness (QED) is 0.897. The van der Waals surface area contributed by atoms with Crippen LogP contribution in [0.3, 0.4) is 0 Å². The van der Waals surface area contributed by atoms with Crippen LogP contribution in [-0.4, -0.2) is 14.9 Å². The summed E-state index contributed by atoms with van der Waals surface area (Å²) in [6.07, 6.45) is 4.62. The lowest BCUT2D eigenvalue weighted by Gasteiger charge is -2.14. The fourth-order valence-electron chi connectivity index (χ4n) is 2.77. The average Bonchev–Trinajstić information content (AvgIpc) is 2.78. The third-order valence-electron chi connectivity index (χ3n) is 3.66. The number of fused-ring (bicyclic) bond motifs is 1. The molecule has 1 aliphatic carbocycles. The molecule has 1 aromatic carbocycles. The van der Waals surface area contributed by atoms with Crippen molar-refractivity contribution in [3.8, 4) is 0 Å². The molecule has 0 aliphatic heterocycles. The van der Waals surface area contributed by atoms with Gasteiger partial charge in [-0.25, -0.2) is 0 Å². The van der Waals surface area contributed by atoms with Crippen molar-refractivity contribution >= 4 is 0 Å². The first kappa shape index (κ1) is 11.5. The normalized spacial score (nSPS) is 14.5. The van der Waals surface area contributed by atoms with Gasteiger partial charge in [0.25, 0.3) is 0 Å². The Morgan fingerprint density at radius 1 is 1.11 bits per heavy atom. The second-order valence-corrected chi connectivity index (χ2v) is 4.88. The van der Waals surface area contributed by atoms with Gasteiger partial charge in [0.15, 0.2) is 0 Å². The van der Waals surface area contributed by atoms with Crippen molar-refractivity contribution in [2.75, 3.05) is 0 Å². The van der Waals surface area contributed by atoms with Gasteiger partial charge in [0, 0.05) is 5.69 Å². The van der Waals surface area contributed by atoms with Gasteiger partial charge in [-0.1, -0.05) is 30.3 Å². The highest BCUT2D eigenvalue weighted by atomic mass is 16.3. The minimum atomic E-state index is 0.0596. The summed E-state index contributed by atoms with van der Waals surface area (Å²) >= 11 is 0. The van der Waals surface area contributed by atoms with Crippen LogP contribution in [0, 0.1) is 0 Å². The Morgan fingerprint density at radius 2 is 1.89 bits per heavy atom. The molecule has 0 saturated carbocycles. The summed E-state index contributed by atoms with van der Waals surface area (Å²) in [5.74, 6) is 0. The molecular weight excluding hydrogens is 224 g/mol. The molecule has 0 amide bonds. The first-order chi connectivity index (χ1) is 8.88. The van der Waals surface area contributed by atoms with Gasteiger partial charge in [0.2, 0.25) is 0 Å². The van der Waals surface area contributed by atoms with Crippen LogP contribution in [0.5, 0.6) is 0 Å². The van der Waals surface area contributed by atoms with Crippen molar-refractivity contribution in [1.29, 1.82) is 0 Å². The second-order valence-electron chi connectivity index (χ2n) is 4.88. The van der Waals surface area contributed by atoms with Crippen LogP contribution >= 0.6 is 0 Å². The third kappa shape index (κ3) is 2.06. The molecule has 3 rings (SSSR count). The van der Waals surface area contributed by atoms with Gasteiger partial charge >= 0.3 is 0 Å². The van der Waals surface area contributed by atoms with Crippen LogP contribution in [0.25, 0.3) is 0 Å². The van der Waals surface area contributed by atoms with Crippen molar-refractivity contribution < 1.29 is 5.11 Å². The number of aliphatic hydroxyl groups is 1. The molecule has 1 aliphatic rings. The summed E-state index contributed by atoms with van der Waals surface area (Å²) in [5.41, 5.74) is 4.76. The van der Waals surface area contributed by atoms with Gasteiger partial charge in [-0.05, 0) is 36.8 Å². The molecule has 0 atom stereocenters. The Bertz CT molecular complexity index is 531. The number of aromatic nitrogens is 2. The molecule has 0 spiro atoms. The smallest absolute Gasteiger partial charge is 0.0913 e. The van der Waals surface area contributed by atoms with E-state index in [1.807, 2.05) is 6.07 Å². The van der Waals surface area contributed by atoms with Gasteiger partial charge in [-0.2, -0.15) is 5.10 Å². The fraction of sp³-hybridized carbons (Fsp3) is 0.400. The van der Waals surface area contributed by atoms with Crippen molar-refractivity contribution in [2.45, 2.75) is 38.8 Å². The highest BCUT2D eigenvalue weighted by Gasteiger charge is 2.19. The van der Waals surface area contributed by atoms with Crippen LogP contribution in [-0.2, 0) is 26.0 Å². The zero-order chi connectivity index (χ0) is 12.4. The summed E-state index contributed by atoms with van der Waals surface area (Å²) in [5, 5.41) is 14.0. The molecule has 3 heteroatoms. The lowest BCUT2D eigenvalue weighted by Crippen LogP contribution is -2.10. The van der Waals surface area contributed by atoms with Gasteiger partial charge in [0.05, 0.1) is 18.8 Å². The standard InChI is InChI=1S/C15H18N2O/c18-11-14-13-8-4-5-9-15(13)17(16-14)10-12-6-2-1-3-7-12/h1-3,6-7,18H,4-5,8-11H2. The average molecular weight is 242 g/mol. The van der Waals surface area contributed by atoms with Crippen LogP contribution < -0.4 is 0 Å². The predicted octanol–water partition coefficient (Wildman–Crippen LogP) is 2.30. The maximum atomic E-state index is 9.40. The zero-order valence-corrected chi connectivity index (χ0v) is 10.5. The molecule has 94 valence electrons. The first-order valence-electron chi connectivity index (χ1n) is 6.60. The van der Waals surface area contributed by atoms with Gasteiger partial charge in [-0.3, -0.25) is 4.68 Å². The molecule has 1 aromatic heterocycles.